The van der Waals surface area contributed by atoms with Gasteiger partial charge >= 0.3 is 0 Å². The van der Waals surface area contributed by atoms with Gasteiger partial charge in [-0.1, -0.05) is 51.0 Å². The minimum Gasteiger partial charge on any atom is -0.268 e. The summed E-state index contributed by atoms with van der Waals surface area (Å²) >= 11 is 0. The van der Waals surface area contributed by atoms with Crippen LogP contribution in [0, 0.1) is 0 Å². The number of hydrazine groups is 1. The molecular formula is C12H26N2. The lowest BCUT2D eigenvalue weighted by molar-refractivity contribution is 0.344. The molecule has 0 aromatic carbocycles. The van der Waals surface area contributed by atoms with Crippen molar-refractivity contribution in [1.82, 2.24) is 5.01 Å². The predicted molar refractivity (Wildman–Crippen MR) is 66.0 cm³/mol. The Hall–Kier alpha value is -0.600. The molecule has 0 aliphatic carbocycles. The molecule has 0 aromatic heterocycles. The third-order valence-corrected chi connectivity index (χ3v) is 1.82. The van der Waals surface area contributed by atoms with Crippen molar-refractivity contribution in [2.45, 2.75) is 41.5 Å². The SMILES string of the molecule is CC.CC.CC1=C(C)CN(N)CC=C1. The molecular weight excluding hydrogens is 172 g/mol. The molecule has 0 spiro atoms. The lowest BCUT2D eigenvalue weighted by Gasteiger charge is -2.12. The quantitative estimate of drug-likeness (QED) is 0.606. The van der Waals surface area contributed by atoms with Crippen LogP contribution in [0.2, 0.25) is 0 Å². The molecule has 0 amide bonds. The molecule has 14 heavy (non-hydrogen) atoms. The summed E-state index contributed by atoms with van der Waals surface area (Å²) in [6, 6.07) is 0. The van der Waals surface area contributed by atoms with Crippen molar-refractivity contribution in [2.75, 3.05) is 13.1 Å². The van der Waals surface area contributed by atoms with Gasteiger partial charge in [-0.15, -0.1) is 0 Å². The third-order valence-electron chi connectivity index (χ3n) is 1.82. The Labute approximate surface area is 89.5 Å². The maximum absolute atomic E-state index is 5.64. The van der Waals surface area contributed by atoms with Crippen LogP contribution >= 0.6 is 0 Å². The van der Waals surface area contributed by atoms with E-state index in [1.165, 1.54) is 11.1 Å². The molecule has 0 atom stereocenters. The normalized spacial score (nSPS) is 16.2. The summed E-state index contributed by atoms with van der Waals surface area (Å²) < 4.78 is 0. The van der Waals surface area contributed by atoms with Gasteiger partial charge in [-0.25, -0.2) is 5.01 Å². The zero-order valence-corrected chi connectivity index (χ0v) is 10.6. The fourth-order valence-electron chi connectivity index (χ4n) is 1.00. The second-order valence-electron chi connectivity index (χ2n) is 2.80. The van der Waals surface area contributed by atoms with E-state index in [4.69, 9.17) is 5.84 Å². The fraction of sp³-hybridized carbons (Fsp3) is 0.667. The van der Waals surface area contributed by atoms with E-state index >= 15 is 0 Å². The molecule has 1 aliphatic heterocycles. The van der Waals surface area contributed by atoms with E-state index < -0.39 is 0 Å². The Balaban J connectivity index is 0. The number of hydrogen-bond donors (Lipinski definition) is 1. The molecule has 0 unspecified atom stereocenters. The van der Waals surface area contributed by atoms with Gasteiger partial charge in [0.15, 0.2) is 0 Å². The minimum absolute atomic E-state index is 0.856. The maximum Gasteiger partial charge on any atom is 0.0345 e. The second-order valence-corrected chi connectivity index (χ2v) is 2.80. The molecule has 1 heterocycles. The van der Waals surface area contributed by atoms with Crippen LogP contribution in [0.1, 0.15) is 41.5 Å². The fourth-order valence-corrected chi connectivity index (χ4v) is 1.00. The zero-order valence-electron chi connectivity index (χ0n) is 10.6. The van der Waals surface area contributed by atoms with Crippen molar-refractivity contribution in [3.05, 3.63) is 23.3 Å². The molecule has 0 fully saturated rings. The van der Waals surface area contributed by atoms with Gasteiger partial charge in [-0.3, -0.25) is 5.84 Å². The summed E-state index contributed by atoms with van der Waals surface area (Å²) in [6.45, 7) is 14.0. The van der Waals surface area contributed by atoms with Crippen LogP contribution in [0.15, 0.2) is 23.3 Å². The smallest absolute Gasteiger partial charge is 0.0345 e. The van der Waals surface area contributed by atoms with Crippen molar-refractivity contribution in [2.24, 2.45) is 5.84 Å². The zero-order chi connectivity index (χ0) is 11.6. The molecule has 0 saturated carbocycles. The summed E-state index contributed by atoms with van der Waals surface area (Å²) in [5, 5.41) is 1.81. The van der Waals surface area contributed by atoms with E-state index in [1.54, 1.807) is 0 Å². The molecule has 0 radical (unpaired) electrons. The molecule has 84 valence electrons. The lowest BCUT2D eigenvalue weighted by atomic mass is 10.1. The minimum atomic E-state index is 0.856. The van der Waals surface area contributed by atoms with Crippen molar-refractivity contribution >= 4 is 0 Å². The molecule has 2 nitrogen and oxygen atoms in total. The number of nitrogens with two attached hydrogens (primary N) is 1. The highest BCUT2D eigenvalue weighted by Gasteiger charge is 2.02. The number of hydrogen-bond acceptors (Lipinski definition) is 2. The van der Waals surface area contributed by atoms with Crippen LogP contribution in [0.4, 0.5) is 0 Å². The standard InChI is InChI=1S/C8H14N2.2C2H6/c1-7-4-3-5-10(9)6-8(7)2;2*1-2/h3-4H,5-6,9H2,1-2H3;2*1-2H3. The summed E-state index contributed by atoms with van der Waals surface area (Å²) in [5.41, 5.74) is 2.70. The molecule has 1 aliphatic rings. The van der Waals surface area contributed by atoms with Crippen LogP contribution in [0.25, 0.3) is 0 Å². The summed E-state index contributed by atoms with van der Waals surface area (Å²) in [5.74, 6) is 5.64. The Bertz CT molecular complexity index is 181. The van der Waals surface area contributed by atoms with Gasteiger partial charge in [0, 0.05) is 13.1 Å². The Morgan fingerprint density at radius 1 is 1.14 bits per heavy atom. The maximum atomic E-state index is 5.64. The van der Waals surface area contributed by atoms with Gasteiger partial charge < -0.3 is 0 Å². The van der Waals surface area contributed by atoms with E-state index in [1.807, 2.05) is 32.7 Å². The van der Waals surface area contributed by atoms with E-state index in [2.05, 4.69) is 26.0 Å². The van der Waals surface area contributed by atoms with Crippen LogP contribution in [0.3, 0.4) is 0 Å². The topological polar surface area (TPSA) is 29.3 Å². The Morgan fingerprint density at radius 3 is 2.14 bits per heavy atom. The highest BCUT2D eigenvalue weighted by molar-refractivity contribution is 5.25. The van der Waals surface area contributed by atoms with Gasteiger partial charge in [-0.2, -0.15) is 0 Å². The van der Waals surface area contributed by atoms with E-state index in [0.29, 0.717) is 0 Å². The first-order chi connectivity index (χ1) is 6.70. The van der Waals surface area contributed by atoms with Crippen molar-refractivity contribution in [3.63, 3.8) is 0 Å². The van der Waals surface area contributed by atoms with Crippen molar-refractivity contribution < 1.29 is 0 Å². The molecule has 0 saturated heterocycles. The highest BCUT2D eigenvalue weighted by atomic mass is 15.4. The summed E-state index contributed by atoms with van der Waals surface area (Å²) in [6.07, 6.45) is 4.22. The van der Waals surface area contributed by atoms with Gasteiger partial charge in [0.1, 0.15) is 0 Å². The van der Waals surface area contributed by atoms with Gasteiger partial charge in [0.2, 0.25) is 0 Å². The third kappa shape index (κ3) is 6.87. The van der Waals surface area contributed by atoms with Gasteiger partial charge in [-0.05, 0) is 13.8 Å². The van der Waals surface area contributed by atoms with Crippen LogP contribution in [-0.4, -0.2) is 18.1 Å². The second kappa shape index (κ2) is 10.5. The molecule has 2 heteroatoms. The van der Waals surface area contributed by atoms with Crippen molar-refractivity contribution in [1.29, 1.82) is 0 Å². The Kier molecular flexibility index (Phi) is 11.9. The van der Waals surface area contributed by atoms with E-state index in [9.17, 15) is 0 Å². The predicted octanol–water partition coefficient (Wildman–Crippen LogP) is 3.12. The van der Waals surface area contributed by atoms with Gasteiger partial charge in [0.25, 0.3) is 0 Å². The monoisotopic (exact) mass is 198 g/mol. The molecule has 0 bridgehead atoms. The first-order valence-electron chi connectivity index (χ1n) is 5.52. The Morgan fingerprint density at radius 2 is 1.64 bits per heavy atom. The van der Waals surface area contributed by atoms with E-state index in [-0.39, 0.29) is 0 Å². The lowest BCUT2D eigenvalue weighted by Crippen LogP contribution is -2.31. The van der Waals surface area contributed by atoms with Crippen LogP contribution in [0.5, 0.6) is 0 Å². The number of rotatable bonds is 0. The van der Waals surface area contributed by atoms with Crippen LogP contribution < -0.4 is 5.84 Å². The highest BCUT2D eigenvalue weighted by Crippen LogP contribution is 2.08. The average Bonchev–Trinajstić information content (AvgIpc) is 2.36. The number of nitrogens with zero attached hydrogens (tertiary/aromatic N) is 1. The van der Waals surface area contributed by atoms with E-state index in [0.717, 1.165) is 13.1 Å². The molecule has 0 aromatic rings. The number of allylic oxidation sites excluding steroid dienone is 2. The largest absolute Gasteiger partial charge is 0.268 e. The molecule has 1 rings (SSSR count). The molecule has 2 N–H and O–H groups in total. The van der Waals surface area contributed by atoms with Gasteiger partial charge in [0.05, 0.1) is 0 Å². The summed E-state index contributed by atoms with van der Waals surface area (Å²) in [7, 11) is 0. The first-order valence-corrected chi connectivity index (χ1v) is 5.52. The van der Waals surface area contributed by atoms with Crippen LogP contribution in [-0.2, 0) is 0 Å². The van der Waals surface area contributed by atoms with Crippen molar-refractivity contribution in [3.8, 4) is 0 Å². The first kappa shape index (κ1) is 15.9. The summed E-state index contributed by atoms with van der Waals surface area (Å²) in [4.78, 5) is 0. The average molecular weight is 198 g/mol.